The van der Waals surface area contributed by atoms with Crippen LogP contribution in [0.5, 0.6) is 5.75 Å². The van der Waals surface area contributed by atoms with Gasteiger partial charge in [0.25, 0.3) is 0 Å². The van der Waals surface area contributed by atoms with Crippen LogP contribution in [0.2, 0.25) is 0 Å². The van der Waals surface area contributed by atoms with E-state index in [0.29, 0.717) is 11.3 Å². The predicted molar refractivity (Wildman–Crippen MR) is 109 cm³/mol. The molecule has 0 fully saturated rings. The Balaban J connectivity index is 1.60. The first-order valence-electron chi connectivity index (χ1n) is 8.83. The van der Waals surface area contributed by atoms with Crippen molar-refractivity contribution in [2.24, 2.45) is 0 Å². The molecule has 3 aromatic rings. The van der Waals surface area contributed by atoms with E-state index in [1.807, 2.05) is 6.92 Å². The number of Topliss-reactive ketones (excluding diaryl/α,β-unsaturated/α-hetero) is 1. The van der Waals surface area contributed by atoms with Crippen molar-refractivity contribution in [1.29, 1.82) is 0 Å². The fraction of sp³-hybridized carbons (Fsp3) is 0.0909. The first kappa shape index (κ1) is 20.3. The van der Waals surface area contributed by atoms with E-state index in [0.717, 1.165) is 5.56 Å². The van der Waals surface area contributed by atoms with Gasteiger partial charge in [0.15, 0.2) is 5.78 Å². The second kappa shape index (κ2) is 8.70. The maximum atomic E-state index is 12.3. The third-order valence-corrected chi connectivity index (χ3v) is 5.33. The molecule has 0 aliphatic heterocycles. The summed E-state index contributed by atoms with van der Waals surface area (Å²) in [7, 11) is -3.94. The third-order valence-electron chi connectivity index (χ3n) is 4.07. The normalized spacial score (nSPS) is 10.9. The third kappa shape index (κ3) is 5.52. The molecule has 0 atom stereocenters. The molecule has 0 aliphatic rings. The standard InChI is InChI=1S/C22H19NO5S/c1-16-7-13-20(14-8-16)29(26,27)28-19-11-9-18(10-12-19)23-22(25)15-21(24)17-5-3-2-4-6-17/h2-14H,15H2,1H3,(H,23,25). The van der Waals surface area contributed by atoms with Crippen LogP contribution in [0.3, 0.4) is 0 Å². The van der Waals surface area contributed by atoms with E-state index < -0.39 is 16.0 Å². The smallest absolute Gasteiger partial charge is 0.339 e. The van der Waals surface area contributed by atoms with E-state index >= 15 is 0 Å². The quantitative estimate of drug-likeness (QED) is 0.362. The zero-order valence-corrected chi connectivity index (χ0v) is 16.5. The SMILES string of the molecule is Cc1ccc(S(=O)(=O)Oc2ccc(NC(=O)CC(=O)c3ccccc3)cc2)cc1. The number of ketones is 1. The number of carbonyl (C=O) groups excluding carboxylic acids is 2. The van der Waals surface area contributed by atoms with Crippen LogP contribution >= 0.6 is 0 Å². The van der Waals surface area contributed by atoms with E-state index in [1.165, 1.54) is 36.4 Å². The highest BCUT2D eigenvalue weighted by Gasteiger charge is 2.16. The summed E-state index contributed by atoms with van der Waals surface area (Å²) in [6.07, 6.45) is -0.288. The molecule has 148 valence electrons. The van der Waals surface area contributed by atoms with Crippen LogP contribution < -0.4 is 9.50 Å². The van der Waals surface area contributed by atoms with Gasteiger partial charge in [0.2, 0.25) is 5.91 Å². The number of aryl methyl sites for hydroxylation is 1. The van der Waals surface area contributed by atoms with Crippen LogP contribution in [0.4, 0.5) is 5.69 Å². The van der Waals surface area contributed by atoms with E-state index in [4.69, 9.17) is 4.18 Å². The van der Waals surface area contributed by atoms with Gasteiger partial charge in [0.05, 0.1) is 6.42 Å². The molecule has 0 saturated heterocycles. The van der Waals surface area contributed by atoms with Crippen LogP contribution in [0.1, 0.15) is 22.3 Å². The second-order valence-corrected chi connectivity index (χ2v) is 7.94. The predicted octanol–water partition coefficient (Wildman–Crippen LogP) is 3.97. The Bertz CT molecular complexity index is 1110. The minimum absolute atomic E-state index is 0.0555. The lowest BCUT2D eigenvalue weighted by atomic mass is 10.1. The zero-order chi connectivity index (χ0) is 20.9. The van der Waals surface area contributed by atoms with Crippen LogP contribution in [0.15, 0.2) is 83.8 Å². The minimum atomic E-state index is -3.94. The average molecular weight is 409 g/mol. The molecule has 3 aromatic carbocycles. The first-order valence-corrected chi connectivity index (χ1v) is 10.2. The van der Waals surface area contributed by atoms with Gasteiger partial charge in [0, 0.05) is 11.3 Å². The molecule has 7 heteroatoms. The van der Waals surface area contributed by atoms with Gasteiger partial charge in [-0.05, 0) is 43.3 Å². The summed E-state index contributed by atoms with van der Waals surface area (Å²) in [5, 5.41) is 2.61. The van der Waals surface area contributed by atoms with Crippen LogP contribution in [-0.4, -0.2) is 20.1 Å². The van der Waals surface area contributed by atoms with Gasteiger partial charge in [-0.15, -0.1) is 0 Å². The molecule has 0 aromatic heterocycles. The van der Waals surface area contributed by atoms with Crippen molar-refractivity contribution in [3.05, 3.63) is 90.0 Å². The van der Waals surface area contributed by atoms with E-state index in [2.05, 4.69) is 5.32 Å². The van der Waals surface area contributed by atoms with Crippen molar-refractivity contribution in [3.63, 3.8) is 0 Å². The highest BCUT2D eigenvalue weighted by Crippen LogP contribution is 2.21. The number of anilines is 1. The van der Waals surface area contributed by atoms with Gasteiger partial charge in [-0.2, -0.15) is 8.42 Å². The minimum Gasteiger partial charge on any atom is -0.379 e. The molecule has 29 heavy (non-hydrogen) atoms. The Morgan fingerprint density at radius 1 is 0.862 bits per heavy atom. The molecule has 0 heterocycles. The molecular formula is C22H19NO5S. The lowest BCUT2D eigenvalue weighted by molar-refractivity contribution is -0.115. The van der Waals surface area contributed by atoms with Crippen LogP contribution in [-0.2, 0) is 14.9 Å². The van der Waals surface area contributed by atoms with Crippen molar-refractivity contribution in [3.8, 4) is 5.75 Å². The Morgan fingerprint density at radius 2 is 1.48 bits per heavy atom. The van der Waals surface area contributed by atoms with Gasteiger partial charge < -0.3 is 9.50 Å². The average Bonchev–Trinajstić information content (AvgIpc) is 2.70. The highest BCUT2D eigenvalue weighted by atomic mass is 32.2. The molecule has 3 rings (SSSR count). The number of hydrogen-bond donors (Lipinski definition) is 1. The lowest BCUT2D eigenvalue weighted by Gasteiger charge is -2.09. The van der Waals surface area contributed by atoms with Gasteiger partial charge in [-0.3, -0.25) is 9.59 Å². The largest absolute Gasteiger partial charge is 0.379 e. The van der Waals surface area contributed by atoms with Crippen molar-refractivity contribution < 1.29 is 22.2 Å². The lowest BCUT2D eigenvalue weighted by Crippen LogP contribution is -2.16. The fourth-order valence-electron chi connectivity index (χ4n) is 2.55. The number of hydrogen-bond acceptors (Lipinski definition) is 5. The Labute approximate surface area is 169 Å². The van der Waals surface area contributed by atoms with Crippen molar-refractivity contribution in [2.45, 2.75) is 18.2 Å². The Morgan fingerprint density at radius 3 is 2.10 bits per heavy atom. The molecule has 0 unspecified atom stereocenters. The first-order chi connectivity index (χ1) is 13.8. The van der Waals surface area contributed by atoms with Gasteiger partial charge in [-0.1, -0.05) is 48.0 Å². The zero-order valence-electron chi connectivity index (χ0n) is 15.7. The van der Waals surface area contributed by atoms with Gasteiger partial charge in [-0.25, -0.2) is 0 Å². The molecule has 0 aliphatic carbocycles. The molecule has 6 nitrogen and oxygen atoms in total. The van der Waals surface area contributed by atoms with Gasteiger partial charge in [0.1, 0.15) is 10.6 Å². The summed E-state index contributed by atoms with van der Waals surface area (Å²) in [5.74, 6) is -0.629. The summed E-state index contributed by atoms with van der Waals surface area (Å²) in [4.78, 5) is 24.2. The van der Waals surface area contributed by atoms with E-state index in [-0.39, 0.29) is 22.8 Å². The van der Waals surface area contributed by atoms with E-state index in [1.54, 1.807) is 42.5 Å². The molecule has 0 bridgehead atoms. The van der Waals surface area contributed by atoms with Crippen molar-refractivity contribution in [1.82, 2.24) is 0 Å². The monoisotopic (exact) mass is 409 g/mol. The Kier molecular flexibility index (Phi) is 6.09. The summed E-state index contributed by atoms with van der Waals surface area (Å²) in [6.45, 7) is 1.86. The number of nitrogens with one attached hydrogen (secondary N) is 1. The topological polar surface area (TPSA) is 89.5 Å². The second-order valence-electron chi connectivity index (χ2n) is 6.39. The molecular weight excluding hydrogens is 390 g/mol. The highest BCUT2D eigenvalue weighted by molar-refractivity contribution is 7.87. The van der Waals surface area contributed by atoms with E-state index in [9.17, 15) is 18.0 Å². The maximum Gasteiger partial charge on any atom is 0.339 e. The number of benzene rings is 3. The molecule has 0 spiro atoms. The molecule has 1 amide bonds. The molecule has 0 radical (unpaired) electrons. The molecule has 0 saturated carbocycles. The van der Waals surface area contributed by atoms with Crippen molar-refractivity contribution in [2.75, 3.05) is 5.32 Å². The van der Waals surface area contributed by atoms with Gasteiger partial charge >= 0.3 is 10.1 Å². The number of amides is 1. The van der Waals surface area contributed by atoms with Crippen LogP contribution in [0.25, 0.3) is 0 Å². The summed E-state index contributed by atoms with van der Waals surface area (Å²) in [6, 6.07) is 20.7. The number of carbonyl (C=O) groups is 2. The fourth-order valence-corrected chi connectivity index (χ4v) is 3.48. The summed E-state index contributed by atoms with van der Waals surface area (Å²) >= 11 is 0. The molecule has 1 N–H and O–H groups in total. The Hall–Kier alpha value is -3.45. The summed E-state index contributed by atoms with van der Waals surface area (Å²) in [5.41, 5.74) is 1.83. The summed E-state index contributed by atoms with van der Waals surface area (Å²) < 4.78 is 29.7. The van der Waals surface area contributed by atoms with Crippen LogP contribution in [0, 0.1) is 6.92 Å². The number of rotatable bonds is 7. The van der Waals surface area contributed by atoms with Crippen molar-refractivity contribution >= 4 is 27.5 Å². The maximum absolute atomic E-state index is 12.3.